The quantitative estimate of drug-likeness (QED) is 0.467. The standard InChI is InChI=1S/C20H15Cl2N3O2S/c1-2-9-27-16-6-4-3-5-12(16)10-17-19(26)25-20(28-17)23-18(24-25)14-8-7-13(21)11-15(14)22/h3-8,10-11H,2,9H2,1H3. The van der Waals surface area contributed by atoms with Gasteiger partial charge < -0.3 is 4.74 Å². The smallest absolute Gasteiger partial charge is 0.291 e. The second kappa shape index (κ2) is 7.91. The van der Waals surface area contributed by atoms with E-state index in [-0.39, 0.29) is 5.56 Å². The highest BCUT2D eigenvalue weighted by atomic mass is 35.5. The van der Waals surface area contributed by atoms with E-state index in [0.717, 1.165) is 17.7 Å². The molecule has 2 aromatic heterocycles. The number of aromatic nitrogens is 3. The molecule has 0 unspecified atom stereocenters. The molecular formula is C20H15Cl2N3O2S. The number of para-hydroxylation sites is 1. The lowest BCUT2D eigenvalue weighted by Crippen LogP contribution is -2.23. The van der Waals surface area contributed by atoms with Crippen LogP contribution in [0.4, 0.5) is 0 Å². The first kappa shape index (κ1) is 18.9. The normalized spacial score (nSPS) is 12.0. The summed E-state index contributed by atoms with van der Waals surface area (Å²) in [5.41, 5.74) is 1.25. The second-order valence-electron chi connectivity index (χ2n) is 6.06. The van der Waals surface area contributed by atoms with Crippen molar-refractivity contribution in [3.8, 4) is 17.1 Å². The number of benzene rings is 2. The molecule has 8 heteroatoms. The molecular weight excluding hydrogens is 417 g/mol. The fourth-order valence-corrected chi connectivity index (χ4v) is 4.09. The average molecular weight is 432 g/mol. The fourth-order valence-electron chi connectivity index (χ4n) is 2.70. The minimum Gasteiger partial charge on any atom is -0.493 e. The Bertz CT molecular complexity index is 1270. The zero-order chi connectivity index (χ0) is 19.7. The van der Waals surface area contributed by atoms with Crippen molar-refractivity contribution in [2.45, 2.75) is 13.3 Å². The van der Waals surface area contributed by atoms with Gasteiger partial charge in [-0.05, 0) is 36.8 Å². The molecule has 0 radical (unpaired) electrons. The molecule has 0 aliphatic heterocycles. The van der Waals surface area contributed by atoms with Crippen LogP contribution in [0.15, 0.2) is 47.3 Å². The van der Waals surface area contributed by atoms with Gasteiger partial charge in [-0.3, -0.25) is 4.79 Å². The summed E-state index contributed by atoms with van der Waals surface area (Å²) in [5, 5.41) is 5.30. The lowest BCUT2D eigenvalue weighted by molar-refractivity contribution is 0.317. The molecule has 4 aromatic rings. The number of rotatable bonds is 5. The molecule has 0 amide bonds. The summed E-state index contributed by atoms with van der Waals surface area (Å²) in [6.07, 6.45) is 2.72. The van der Waals surface area contributed by atoms with Crippen molar-refractivity contribution in [2.75, 3.05) is 6.61 Å². The Balaban J connectivity index is 1.77. The first-order valence-electron chi connectivity index (χ1n) is 8.65. The van der Waals surface area contributed by atoms with E-state index in [1.165, 1.54) is 15.9 Å². The zero-order valence-corrected chi connectivity index (χ0v) is 17.2. The molecule has 0 aliphatic carbocycles. The molecule has 4 rings (SSSR count). The molecule has 2 heterocycles. The van der Waals surface area contributed by atoms with Gasteiger partial charge in [0, 0.05) is 16.1 Å². The Morgan fingerprint density at radius 1 is 1.21 bits per heavy atom. The van der Waals surface area contributed by atoms with Gasteiger partial charge in [0.1, 0.15) is 5.75 Å². The number of thiazole rings is 1. The largest absolute Gasteiger partial charge is 0.493 e. The van der Waals surface area contributed by atoms with Crippen LogP contribution in [0.25, 0.3) is 22.4 Å². The molecule has 0 aliphatic rings. The number of hydrogen-bond donors (Lipinski definition) is 0. The van der Waals surface area contributed by atoms with E-state index in [0.29, 0.717) is 37.5 Å². The van der Waals surface area contributed by atoms with E-state index in [1.54, 1.807) is 18.2 Å². The van der Waals surface area contributed by atoms with Crippen LogP contribution >= 0.6 is 34.5 Å². The van der Waals surface area contributed by atoms with Gasteiger partial charge in [0.2, 0.25) is 4.96 Å². The maximum Gasteiger partial charge on any atom is 0.291 e. The zero-order valence-electron chi connectivity index (χ0n) is 14.9. The average Bonchev–Trinajstić information content (AvgIpc) is 3.21. The van der Waals surface area contributed by atoms with Crippen LogP contribution in [-0.2, 0) is 0 Å². The molecule has 0 saturated heterocycles. The first-order chi connectivity index (χ1) is 13.6. The highest BCUT2D eigenvalue weighted by molar-refractivity contribution is 7.15. The van der Waals surface area contributed by atoms with Crippen molar-refractivity contribution < 1.29 is 4.74 Å². The Hall–Kier alpha value is -2.41. The van der Waals surface area contributed by atoms with E-state index in [9.17, 15) is 4.79 Å². The van der Waals surface area contributed by atoms with Crippen LogP contribution in [-0.4, -0.2) is 21.2 Å². The molecule has 0 fully saturated rings. The Morgan fingerprint density at radius 3 is 2.79 bits per heavy atom. The van der Waals surface area contributed by atoms with Gasteiger partial charge in [-0.15, -0.1) is 5.10 Å². The topological polar surface area (TPSA) is 56.5 Å². The van der Waals surface area contributed by atoms with E-state index >= 15 is 0 Å². The van der Waals surface area contributed by atoms with Crippen LogP contribution in [0.5, 0.6) is 5.75 Å². The second-order valence-corrected chi connectivity index (χ2v) is 7.91. The summed E-state index contributed by atoms with van der Waals surface area (Å²) in [6, 6.07) is 12.7. The van der Waals surface area contributed by atoms with Gasteiger partial charge >= 0.3 is 0 Å². The van der Waals surface area contributed by atoms with Crippen molar-refractivity contribution in [1.82, 2.24) is 14.6 Å². The first-order valence-corrected chi connectivity index (χ1v) is 10.2. The minimum atomic E-state index is -0.228. The highest BCUT2D eigenvalue weighted by Gasteiger charge is 2.14. The molecule has 0 N–H and O–H groups in total. The van der Waals surface area contributed by atoms with Crippen LogP contribution in [0.3, 0.4) is 0 Å². The predicted molar refractivity (Wildman–Crippen MR) is 114 cm³/mol. The SMILES string of the molecule is CCCOc1ccccc1C=c1sc2nc(-c3ccc(Cl)cc3Cl)nn2c1=O. The Morgan fingerprint density at radius 2 is 2.04 bits per heavy atom. The predicted octanol–water partition coefficient (Wildman–Crippen LogP) is 4.46. The Kier molecular flexibility index (Phi) is 5.35. The third-order valence-corrected chi connectivity index (χ3v) is 5.53. The minimum absolute atomic E-state index is 0.228. The van der Waals surface area contributed by atoms with Gasteiger partial charge in [-0.25, -0.2) is 0 Å². The summed E-state index contributed by atoms with van der Waals surface area (Å²) >= 11 is 13.4. The molecule has 0 atom stereocenters. The Labute approximate surface area is 174 Å². The molecule has 0 bridgehead atoms. The lowest BCUT2D eigenvalue weighted by Gasteiger charge is -2.07. The van der Waals surface area contributed by atoms with Crippen LogP contribution in [0, 0.1) is 0 Å². The van der Waals surface area contributed by atoms with Crippen molar-refractivity contribution in [3.05, 3.63) is 73.0 Å². The summed E-state index contributed by atoms with van der Waals surface area (Å²) < 4.78 is 7.60. The fraction of sp³-hybridized carbons (Fsp3) is 0.150. The van der Waals surface area contributed by atoms with Gasteiger partial charge in [-0.2, -0.15) is 9.50 Å². The van der Waals surface area contributed by atoms with Gasteiger partial charge in [0.25, 0.3) is 5.56 Å². The molecule has 2 aromatic carbocycles. The molecule has 142 valence electrons. The van der Waals surface area contributed by atoms with Crippen molar-refractivity contribution in [2.24, 2.45) is 0 Å². The van der Waals surface area contributed by atoms with E-state index in [4.69, 9.17) is 27.9 Å². The summed E-state index contributed by atoms with van der Waals surface area (Å²) in [6.45, 7) is 2.67. The lowest BCUT2D eigenvalue weighted by atomic mass is 10.2. The third kappa shape index (κ3) is 3.63. The van der Waals surface area contributed by atoms with Crippen LogP contribution in [0.2, 0.25) is 10.0 Å². The highest BCUT2D eigenvalue weighted by Crippen LogP contribution is 2.28. The third-order valence-electron chi connectivity index (χ3n) is 4.02. The summed E-state index contributed by atoms with van der Waals surface area (Å²) in [5.74, 6) is 1.14. The maximum atomic E-state index is 12.8. The maximum absolute atomic E-state index is 12.8. The van der Waals surface area contributed by atoms with E-state index in [2.05, 4.69) is 10.1 Å². The van der Waals surface area contributed by atoms with Crippen molar-refractivity contribution >= 4 is 45.6 Å². The monoisotopic (exact) mass is 431 g/mol. The van der Waals surface area contributed by atoms with E-state index in [1.807, 2.05) is 37.3 Å². The number of fused-ring (bicyclic) bond motifs is 1. The number of halogens is 2. The van der Waals surface area contributed by atoms with Gasteiger partial charge in [-0.1, -0.05) is 59.7 Å². The summed E-state index contributed by atoms with van der Waals surface area (Å²) in [7, 11) is 0. The van der Waals surface area contributed by atoms with Crippen molar-refractivity contribution in [1.29, 1.82) is 0 Å². The summed E-state index contributed by atoms with van der Waals surface area (Å²) in [4.78, 5) is 17.8. The molecule has 0 spiro atoms. The van der Waals surface area contributed by atoms with Gasteiger partial charge in [0.05, 0.1) is 16.2 Å². The van der Waals surface area contributed by atoms with E-state index < -0.39 is 0 Å². The van der Waals surface area contributed by atoms with Crippen LogP contribution in [0.1, 0.15) is 18.9 Å². The number of hydrogen-bond acceptors (Lipinski definition) is 5. The molecule has 28 heavy (non-hydrogen) atoms. The van der Waals surface area contributed by atoms with Crippen molar-refractivity contribution in [3.63, 3.8) is 0 Å². The molecule has 0 saturated carbocycles. The molecule has 5 nitrogen and oxygen atoms in total. The van der Waals surface area contributed by atoms with Crippen LogP contribution < -0.4 is 14.8 Å². The number of ether oxygens (including phenoxy) is 1. The van der Waals surface area contributed by atoms with Gasteiger partial charge in [0.15, 0.2) is 5.82 Å². The number of nitrogens with zero attached hydrogens (tertiary/aromatic N) is 3.